The average Bonchev–Trinajstić information content (AvgIpc) is 2.02. The van der Waals surface area contributed by atoms with Crippen LogP contribution in [-0.2, 0) is 0 Å². The second-order valence-electron chi connectivity index (χ2n) is 5.01. The number of nitrogens with zero attached hydrogens (tertiary/aromatic N) is 1. The van der Waals surface area contributed by atoms with Crippen LogP contribution in [-0.4, -0.2) is 24.5 Å². The summed E-state index contributed by atoms with van der Waals surface area (Å²) in [5.74, 6) is 0.860. The first kappa shape index (κ1) is 11.0. The minimum atomic E-state index is 0.675. The first-order valence-corrected chi connectivity index (χ1v) is 5.76. The predicted octanol–water partition coefficient (Wildman–Crippen LogP) is 3.15. The van der Waals surface area contributed by atoms with E-state index < -0.39 is 0 Å². The highest BCUT2D eigenvalue weighted by Crippen LogP contribution is 2.51. The van der Waals surface area contributed by atoms with E-state index in [1.165, 1.54) is 25.8 Å². The van der Waals surface area contributed by atoms with Gasteiger partial charge in [0.2, 0.25) is 0 Å². The van der Waals surface area contributed by atoms with Gasteiger partial charge in [0.25, 0.3) is 0 Å². The Balaban J connectivity index is 2.45. The van der Waals surface area contributed by atoms with Crippen molar-refractivity contribution < 1.29 is 0 Å². The molecule has 0 aliphatic heterocycles. The molecule has 1 heteroatoms. The van der Waals surface area contributed by atoms with E-state index in [0.29, 0.717) is 5.41 Å². The quantitative estimate of drug-likeness (QED) is 0.647. The van der Waals surface area contributed by atoms with Crippen LogP contribution < -0.4 is 0 Å². The highest BCUT2D eigenvalue weighted by molar-refractivity contribution is 4.98. The van der Waals surface area contributed by atoms with Gasteiger partial charge < -0.3 is 4.90 Å². The summed E-state index contributed by atoms with van der Waals surface area (Å²) >= 11 is 0. The molecule has 0 radical (unpaired) electrons. The van der Waals surface area contributed by atoms with Gasteiger partial charge in [0.1, 0.15) is 0 Å². The Labute approximate surface area is 83.5 Å². The monoisotopic (exact) mass is 183 g/mol. The lowest BCUT2D eigenvalue weighted by Crippen LogP contribution is -2.51. The van der Waals surface area contributed by atoms with Gasteiger partial charge in [0.05, 0.1) is 0 Å². The van der Waals surface area contributed by atoms with Gasteiger partial charge in [-0.2, -0.15) is 0 Å². The SMILES string of the molecule is CCN(C)C1CC(CC)(C(C)C)C1. The first-order valence-electron chi connectivity index (χ1n) is 5.76. The van der Waals surface area contributed by atoms with Crippen LogP contribution in [0, 0.1) is 11.3 Å². The molecule has 0 bridgehead atoms. The fraction of sp³-hybridized carbons (Fsp3) is 1.00. The maximum atomic E-state index is 2.50. The van der Waals surface area contributed by atoms with E-state index in [-0.39, 0.29) is 0 Å². The van der Waals surface area contributed by atoms with E-state index in [9.17, 15) is 0 Å². The van der Waals surface area contributed by atoms with Crippen molar-refractivity contribution in [2.45, 2.75) is 53.0 Å². The zero-order valence-corrected chi connectivity index (χ0v) is 9.93. The van der Waals surface area contributed by atoms with Gasteiger partial charge in [-0.25, -0.2) is 0 Å². The molecule has 0 N–H and O–H groups in total. The fourth-order valence-corrected chi connectivity index (χ4v) is 2.62. The van der Waals surface area contributed by atoms with Crippen LogP contribution in [0.5, 0.6) is 0 Å². The van der Waals surface area contributed by atoms with Crippen LogP contribution in [0.4, 0.5) is 0 Å². The molecule has 0 aromatic heterocycles. The molecule has 1 aliphatic carbocycles. The van der Waals surface area contributed by atoms with Crippen molar-refractivity contribution in [1.82, 2.24) is 4.90 Å². The topological polar surface area (TPSA) is 3.24 Å². The largest absolute Gasteiger partial charge is 0.304 e. The summed E-state index contributed by atoms with van der Waals surface area (Å²) in [4.78, 5) is 2.50. The van der Waals surface area contributed by atoms with Crippen molar-refractivity contribution in [1.29, 1.82) is 0 Å². The Morgan fingerprint density at radius 2 is 1.85 bits per heavy atom. The Morgan fingerprint density at radius 3 is 2.15 bits per heavy atom. The minimum Gasteiger partial charge on any atom is -0.304 e. The third-order valence-corrected chi connectivity index (χ3v) is 4.34. The lowest BCUT2D eigenvalue weighted by atomic mass is 9.58. The second kappa shape index (κ2) is 4.00. The van der Waals surface area contributed by atoms with E-state index in [1.54, 1.807) is 0 Å². The van der Waals surface area contributed by atoms with E-state index in [2.05, 4.69) is 39.6 Å². The first-order chi connectivity index (χ1) is 6.05. The third-order valence-electron chi connectivity index (χ3n) is 4.34. The molecule has 1 rings (SSSR count). The van der Waals surface area contributed by atoms with Crippen LogP contribution >= 0.6 is 0 Å². The zero-order chi connectivity index (χ0) is 10.1. The summed E-state index contributed by atoms with van der Waals surface area (Å²) in [6.45, 7) is 10.6. The van der Waals surface area contributed by atoms with Crippen molar-refractivity contribution >= 4 is 0 Å². The van der Waals surface area contributed by atoms with Gasteiger partial charge in [0.15, 0.2) is 0 Å². The lowest BCUT2D eigenvalue weighted by Gasteiger charge is -2.53. The maximum Gasteiger partial charge on any atom is 0.0103 e. The molecule has 0 unspecified atom stereocenters. The molecule has 0 saturated heterocycles. The summed E-state index contributed by atoms with van der Waals surface area (Å²) in [5.41, 5.74) is 0.675. The summed E-state index contributed by atoms with van der Waals surface area (Å²) in [6.07, 6.45) is 4.20. The van der Waals surface area contributed by atoms with Crippen LogP contribution in [0.1, 0.15) is 47.0 Å². The standard InChI is InChI=1S/C12H25N/c1-6-12(10(3)4)8-11(9-12)13(5)7-2/h10-11H,6-9H2,1-5H3. The van der Waals surface area contributed by atoms with Gasteiger partial charge in [0, 0.05) is 6.04 Å². The molecule has 1 fully saturated rings. The molecule has 13 heavy (non-hydrogen) atoms. The number of hydrogen-bond acceptors (Lipinski definition) is 1. The summed E-state index contributed by atoms with van der Waals surface area (Å²) in [6, 6.07) is 0.868. The van der Waals surface area contributed by atoms with E-state index in [4.69, 9.17) is 0 Å². The van der Waals surface area contributed by atoms with E-state index in [0.717, 1.165) is 12.0 Å². The second-order valence-corrected chi connectivity index (χ2v) is 5.01. The fourth-order valence-electron chi connectivity index (χ4n) is 2.62. The van der Waals surface area contributed by atoms with Crippen molar-refractivity contribution in [3.8, 4) is 0 Å². The summed E-state index contributed by atoms with van der Waals surface area (Å²) in [7, 11) is 2.25. The zero-order valence-electron chi connectivity index (χ0n) is 9.93. The van der Waals surface area contributed by atoms with Crippen LogP contribution in [0.25, 0.3) is 0 Å². The van der Waals surface area contributed by atoms with Crippen molar-refractivity contribution in [3.63, 3.8) is 0 Å². The van der Waals surface area contributed by atoms with Crippen LogP contribution in [0.3, 0.4) is 0 Å². The van der Waals surface area contributed by atoms with Gasteiger partial charge in [-0.3, -0.25) is 0 Å². The van der Waals surface area contributed by atoms with Gasteiger partial charge in [-0.15, -0.1) is 0 Å². The minimum absolute atomic E-state index is 0.675. The normalized spacial score (nSPS) is 33.9. The molecule has 1 nitrogen and oxygen atoms in total. The summed E-state index contributed by atoms with van der Waals surface area (Å²) in [5, 5.41) is 0. The van der Waals surface area contributed by atoms with Crippen molar-refractivity contribution in [2.75, 3.05) is 13.6 Å². The molecule has 0 aromatic rings. The Morgan fingerprint density at radius 1 is 1.31 bits per heavy atom. The lowest BCUT2D eigenvalue weighted by molar-refractivity contribution is -0.0241. The smallest absolute Gasteiger partial charge is 0.0103 e. The molecule has 0 aromatic carbocycles. The van der Waals surface area contributed by atoms with Crippen molar-refractivity contribution in [2.24, 2.45) is 11.3 Å². The molecular formula is C12H25N. The Kier molecular flexibility index (Phi) is 3.39. The Hall–Kier alpha value is -0.0400. The predicted molar refractivity (Wildman–Crippen MR) is 58.9 cm³/mol. The van der Waals surface area contributed by atoms with Crippen molar-refractivity contribution in [3.05, 3.63) is 0 Å². The molecule has 1 aliphatic rings. The maximum absolute atomic E-state index is 2.50. The van der Waals surface area contributed by atoms with Gasteiger partial charge >= 0.3 is 0 Å². The molecule has 0 atom stereocenters. The highest BCUT2D eigenvalue weighted by Gasteiger charge is 2.45. The van der Waals surface area contributed by atoms with Crippen LogP contribution in [0.2, 0.25) is 0 Å². The van der Waals surface area contributed by atoms with E-state index in [1.807, 2.05) is 0 Å². The molecular weight excluding hydrogens is 158 g/mol. The Bertz CT molecular complexity index is 157. The number of rotatable bonds is 4. The molecule has 1 saturated carbocycles. The average molecular weight is 183 g/mol. The van der Waals surface area contributed by atoms with Crippen LogP contribution in [0.15, 0.2) is 0 Å². The molecule has 78 valence electrons. The highest BCUT2D eigenvalue weighted by atomic mass is 15.1. The molecule has 0 heterocycles. The number of hydrogen-bond donors (Lipinski definition) is 0. The summed E-state index contributed by atoms with van der Waals surface area (Å²) < 4.78 is 0. The van der Waals surface area contributed by atoms with Gasteiger partial charge in [-0.1, -0.05) is 34.1 Å². The third kappa shape index (κ3) is 1.90. The van der Waals surface area contributed by atoms with E-state index >= 15 is 0 Å². The molecule has 0 spiro atoms. The molecule has 0 amide bonds. The van der Waals surface area contributed by atoms with Gasteiger partial charge in [-0.05, 0) is 37.8 Å².